The molecule has 0 heterocycles. The van der Waals surface area contributed by atoms with Crippen molar-refractivity contribution in [2.24, 2.45) is 69.0 Å². The molecule has 0 amide bonds. The smallest absolute Gasteiger partial charge is 0.0164 e. The van der Waals surface area contributed by atoms with Gasteiger partial charge in [0.1, 0.15) is 0 Å². The fourth-order valence-corrected chi connectivity index (χ4v) is 12.6. The Morgan fingerprint density at radius 1 is 0.973 bits per heavy atom. The molecule has 4 aliphatic carbocycles. The lowest BCUT2D eigenvalue weighted by Gasteiger charge is -2.74. The summed E-state index contributed by atoms with van der Waals surface area (Å²) in [5.74, 6) is 5.81. The van der Waals surface area contributed by atoms with E-state index in [1.54, 1.807) is 5.57 Å². The maximum Gasteiger partial charge on any atom is -0.0164 e. The lowest BCUT2D eigenvalue weighted by molar-refractivity contribution is -0.225. The third-order valence-corrected chi connectivity index (χ3v) is 14.6. The third-order valence-electron chi connectivity index (χ3n) is 14.6. The van der Waals surface area contributed by atoms with Gasteiger partial charge in [-0.25, -0.2) is 0 Å². The van der Waals surface area contributed by atoms with Crippen molar-refractivity contribution in [3.63, 3.8) is 0 Å². The molecule has 0 bridgehead atoms. The van der Waals surface area contributed by atoms with Gasteiger partial charge in [0.05, 0.1) is 0 Å². The van der Waals surface area contributed by atoms with E-state index in [4.69, 9.17) is 0 Å². The van der Waals surface area contributed by atoms with Crippen molar-refractivity contribution in [1.29, 1.82) is 0 Å². The van der Waals surface area contributed by atoms with Crippen LogP contribution in [0.2, 0.25) is 0 Å². The summed E-state index contributed by atoms with van der Waals surface area (Å²) < 4.78 is 0. The molecular weight excluding hydrogens is 444 g/mol. The van der Waals surface area contributed by atoms with Crippen molar-refractivity contribution in [2.45, 2.75) is 142 Å². The van der Waals surface area contributed by atoms with Crippen LogP contribution in [0.1, 0.15) is 142 Å². The number of fused-ring (bicyclic) bond motifs is 2. The normalized spacial score (nSPS) is 47.4. The van der Waals surface area contributed by atoms with Gasteiger partial charge in [-0.1, -0.05) is 119 Å². The first-order valence-electron chi connectivity index (χ1n) is 16.4. The van der Waals surface area contributed by atoms with Crippen molar-refractivity contribution in [1.82, 2.24) is 0 Å². The van der Waals surface area contributed by atoms with E-state index < -0.39 is 0 Å². The lowest BCUT2D eigenvalue weighted by atomic mass is 9.30. The summed E-state index contributed by atoms with van der Waals surface area (Å²) in [5.41, 5.74) is 8.87. The Hall–Kier alpha value is -0.520. The Morgan fingerprint density at radius 2 is 1.59 bits per heavy atom. The minimum absolute atomic E-state index is 0.332. The molecule has 0 saturated heterocycles. The molecule has 11 atom stereocenters. The number of allylic oxidation sites excluding steroid dienone is 4. The molecule has 11 unspecified atom stereocenters. The average molecular weight is 509 g/mol. The van der Waals surface area contributed by atoms with Gasteiger partial charge in [0.2, 0.25) is 0 Å². The zero-order chi connectivity index (χ0) is 27.9. The van der Waals surface area contributed by atoms with Crippen molar-refractivity contribution in [3.05, 3.63) is 22.3 Å². The summed E-state index contributed by atoms with van der Waals surface area (Å²) in [5, 5.41) is 0. The molecule has 0 heteroatoms. The minimum atomic E-state index is 0.332. The van der Waals surface area contributed by atoms with Crippen LogP contribution in [0.5, 0.6) is 0 Å². The van der Waals surface area contributed by atoms with Gasteiger partial charge in [-0.3, -0.25) is 0 Å². The van der Waals surface area contributed by atoms with E-state index in [2.05, 4.69) is 96.9 Å². The van der Waals surface area contributed by atoms with E-state index in [1.807, 2.05) is 16.7 Å². The van der Waals surface area contributed by atoms with Crippen molar-refractivity contribution in [3.8, 4) is 0 Å². The molecule has 0 aromatic rings. The Labute approximate surface area is 232 Å². The molecule has 1 fully saturated rings. The predicted molar refractivity (Wildman–Crippen MR) is 163 cm³/mol. The van der Waals surface area contributed by atoms with Crippen LogP contribution in [-0.2, 0) is 0 Å². The molecule has 4 rings (SSSR count). The summed E-state index contributed by atoms with van der Waals surface area (Å²) in [4.78, 5) is 0. The summed E-state index contributed by atoms with van der Waals surface area (Å²) in [7, 11) is 0. The molecular formula is C37H64. The van der Waals surface area contributed by atoms with E-state index >= 15 is 0 Å². The lowest BCUT2D eigenvalue weighted by Crippen LogP contribution is -2.68. The number of hydrogen-bond acceptors (Lipinski definition) is 0. The molecule has 0 aromatic carbocycles. The molecule has 0 radical (unpaired) electrons. The second-order valence-corrected chi connectivity index (χ2v) is 16.5. The molecule has 0 N–H and O–H groups in total. The Bertz CT molecular complexity index is 945. The summed E-state index contributed by atoms with van der Waals surface area (Å²) >= 11 is 0. The Kier molecular flexibility index (Phi) is 7.60. The second kappa shape index (κ2) is 9.54. The first-order chi connectivity index (χ1) is 17.0. The van der Waals surface area contributed by atoms with Crippen LogP contribution in [-0.4, -0.2) is 0 Å². The molecule has 212 valence electrons. The van der Waals surface area contributed by atoms with Crippen LogP contribution >= 0.6 is 0 Å². The highest BCUT2D eigenvalue weighted by molar-refractivity contribution is 5.37. The van der Waals surface area contributed by atoms with E-state index in [0.717, 1.165) is 35.5 Å². The maximum atomic E-state index is 2.76. The van der Waals surface area contributed by atoms with Gasteiger partial charge in [-0.2, -0.15) is 0 Å². The second-order valence-electron chi connectivity index (χ2n) is 16.5. The third kappa shape index (κ3) is 3.94. The van der Waals surface area contributed by atoms with Gasteiger partial charge in [0, 0.05) is 0 Å². The highest BCUT2D eigenvalue weighted by Gasteiger charge is 2.70. The highest BCUT2D eigenvalue weighted by Crippen LogP contribution is 2.76. The van der Waals surface area contributed by atoms with Gasteiger partial charge >= 0.3 is 0 Å². The van der Waals surface area contributed by atoms with Gasteiger partial charge in [-0.05, 0) is 114 Å². The quantitative estimate of drug-likeness (QED) is 0.324. The summed E-state index contributed by atoms with van der Waals surface area (Å²) in [6, 6.07) is 0. The van der Waals surface area contributed by atoms with Crippen LogP contribution in [0.15, 0.2) is 22.3 Å². The molecule has 0 nitrogen and oxygen atoms in total. The number of hydrogen-bond donors (Lipinski definition) is 0. The van der Waals surface area contributed by atoms with Gasteiger partial charge < -0.3 is 0 Å². The van der Waals surface area contributed by atoms with Crippen LogP contribution in [0, 0.1) is 69.0 Å². The van der Waals surface area contributed by atoms with E-state index in [-0.39, 0.29) is 0 Å². The van der Waals surface area contributed by atoms with Gasteiger partial charge in [0.25, 0.3) is 0 Å². The van der Waals surface area contributed by atoms with E-state index in [0.29, 0.717) is 33.5 Å². The first-order valence-corrected chi connectivity index (χ1v) is 16.4. The van der Waals surface area contributed by atoms with Crippen molar-refractivity contribution < 1.29 is 0 Å². The van der Waals surface area contributed by atoms with Crippen molar-refractivity contribution >= 4 is 0 Å². The molecule has 1 saturated carbocycles. The van der Waals surface area contributed by atoms with Crippen molar-refractivity contribution in [2.75, 3.05) is 0 Å². The van der Waals surface area contributed by atoms with Gasteiger partial charge in [0.15, 0.2) is 0 Å². The molecule has 4 aliphatic rings. The predicted octanol–water partition coefficient (Wildman–Crippen LogP) is 11.5. The highest BCUT2D eigenvalue weighted by atomic mass is 14.7. The standard InChI is InChI=1S/C37H64/c1-15-19-34(10,11)20-23(3)31-24(4)21-35(12)29(9)36(13)26(6)30-18-16-17-22(2)32(30)25(5)33(36)28(8)37(35,14)27(31)7/h22-23,25-29,33H,15-21H2,1-14H3. The van der Waals surface area contributed by atoms with Gasteiger partial charge in [-0.15, -0.1) is 0 Å². The fourth-order valence-electron chi connectivity index (χ4n) is 12.6. The summed E-state index contributed by atoms with van der Waals surface area (Å²) in [6.07, 6.45) is 9.45. The monoisotopic (exact) mass is 509 g/mol. The maximum absolute atomic E-state index is 2.76. The largest absolute Gasteiger partial charge is 0.0730 e. The zero-order valence-electron chi connectivity index (χ0n) is 27.6. The first kappa shape index (κ1) is 29.5. The topological polar surface area (TPSA) is 0 Å². The van der Waals surface area contributed by atoms with Crippen LogP contribution < -0.4 is 0 Å². The minimum Gasteiger partial charge on any atom is -0.0730 e. The Morgan fingerprint density at radius 3 is 2.19 bits per heavy atom. The molecule has 0 aliphatic heterocycles. The summed E-state index contributed by atoms with van der Waals surface area (Å²) in [6.45, 7) is 36.7. The molecule has 0 aromatic heterocycles. The average Bonchev–Trinajstić information content (AvgIpc) is 2.79. The fraction of sp³-hybridized carbons (Fsp3) is 0.892. The molecule has 0 spiro atoms. The number of rotatable bonds is 5. The Balaban J connectivity index is 1.83. The van der Waals surface area contributed by atoms with E-state index in [9.17, 15) is 0 Å². The van der Waals surface area contributed by atoms with Crippen LogP contribution in [0.4, 0.5) is 0 Å². The van der Waals surface area contributed by atoms with Crippen LogP contribution in [0.25, 0.3) is 0 Å². The zero-order valence-corrected chi connectivity index (χ0v) is 27.6. The molecule has 37 heavy (non-hydrogen) atoms. The SMILES string of the molecule is CCCC(C)(C)CC(C)C1=C(C)CC2(C)C(C)C3(C)C(C)C4=C(C(C)CCC4)C(C)C3C(C)C2(C)C1C. The van der Waals surface area contributed by atoms with E-state index in [1.165, 1.54) is 44.9 Å². The van der Waals surface area contributed by atoms with Crippen LogP contribution in [0.3, 0.4) is 0 Å².